The van der Waals surface area contributed by atoms with Gasteiger partial charge in [-0.1, -0.05) is 0 Å². The summed E-state index contributed by atoms with van der Waals surface area (Å²) < 4.78 is 5.31. The highest BCUT2D eigenvalue weighted by Gasteiger charge is 2.41. The summed E-state index contributed by atoms with van der Waals surface area (Å²) in [6.07, 6.45) is 2.50. The molecule has 2 rings (SSSR count). The summed E-state index contributed by atoms with van der Waals surface area (Å²) in [4.78, 5) is 2.33. The van der Waals surface area contributed by atoms with Crippen molar-refractivity contribution in [1.82, 2.24) is 4.90 Å². The third-order valence-electron chi connectivity index (χ3n) is 1.97. The van der Waals surface area contributed by atoms with Gasteiger partial charge < -0.3 is 9.64 Å². The first-order valence-electron chi connectivity index (χ1n) is 3.20. The van der Waals surface area contributed by atoms with Gasteiger partial charge in [0, 0.05) is 13.1 Å². The highest BCUT2D eigenvalue weighted by molar-refractivity contribution is 4.91. The number of rotatable bonds is 0. The van der Waals surface area contributed by atoms with Crippen molar-refractivity contribution in [2.45, 2.75) is 18.6 Å². The van der Waals surface area contributed by atoms with Gasteiger partial charge in [-0.25, -0.2) is 0 Å². The molecule has 2 heteroatoms. The van der Waals surface area contributed by atoms with Crippen LogP contribution in [0.25, 0.3) is 0 Å². The molecule has 0 amide bonds. The van der Waals surface area contributed by atoms with Crippen LogP contribution in [0, 0.1) is 0 Å². The Morgan fingerprint density at radius 2 is 2.38 bits per heavy atom. The molecule has 0 aromatic heterocycles. The molecule has 8 heavy (non-hydrogen) atoms. The molecule has 0 spiro atoms. The van der Waals surface area contributed by atoms with Crippen LogP contribution in [0.2, 0.25) is 0 Å². The van der Waals surface area contributed by atoms with Crippen LogP contribution in [-0.2, 0) is 4.74 Å². The fourth-order valence-corrected chi connectivity index (χ4v) is 1.34. The fraction of sp³-hybridized carbons (Fsp3) is 1.00. The molecule has 0 bridgehead atoms. The lowest BCUT2D eigenvalue weighted by Gasteiger charge is -2.17. The average Bonchev–Trinajstić information content (AvgIpc) is 2.43. The van der Waals surface area contributed by atoms with Gasteiger partial charge in [-0.05, 0) is 13.5 Å². The maximum absolute atomic E-state index is 5.31. The number of ether oxygens (including phenoxy) is 1. The number of piperidine rings is 1. The maximum Gasteiger partial charge on any atom is 0.0968 e. The first-order valence-corrected chi connectivity index (χ1v) is 3.20. The number of likely N-dealkylation sites (N-methyl/N-ethyl adjacent to an activating group) is 1. The molecule has 0 saturated carbocycles. The van der Waals surface area contributed by atoms with Crippen molar-refractivity contribution < 1.29 is 4.74 Å². The minimum Gasteiger partial charge on any atom is -0.368 e. The quantitative estimate of drug-likeness (QED) is 0.414. The van der Waals surface area contributed by atoms with Gasteiger partial charge in [0.25, 0.3) is 0 Å². The molecule has 2 aliphatic rings. The number of hydrogen-bond acceptors (Lipinski definition) is 2. The molecule has 0 N–H and O–H groups in total. The second-order valence-corrected chi connectivity index (χ2v) is 2.76. The maximum atomic E-state index is 5.31. The van der Waals surface area contributed by atoms with E-state index >= 15 is 0 Å². The lowest BCUT2D eigenvalue weighted by atomic mass is 10.1. The molecule has 46 valence electrons. The minimum atomic E-state index is 0.605. The van der Waals surface area contributed by atoms with Gasteiger partial charge in [0.1, 0.15) is 0 Å². The van der Waals surface area contributed by atoms with E-state index in [1.54, 1.807) is 0 Å². The van der Waals surface area contributed by atoms with Crippen molar-refractivity contribution in [3.05, 3.63) is 0 Å². The number of epoxide rings is 1. The predicted octanol–water partition coefficient (Wildman–Crippen LogP) is 0.0893. The van der Waals surface area contributed by atoms with Crippen molar-refractivity contribution in [3.8, 4) is 0 Å². The van der Waals surface area contributed by atoms with Crippen molar-refractivity contribution in [2.75, 3.05) is 20.1 Å². The van der Waals surface area contributed by atoms with Crippen LogP contribution >= 0.6 is 0 Å². The van der Waals surface area contributed by atoms with Crippen LogP contribution in [0.4, 0.5) is 0 Å². The molecular formula is C6H11NO. The molecular weight excluding hydrogens is 102 g/mol. The zero-order valence-electron chi connectivity index (χ0n) is 5.13. The van der Waals surface area contributed by atoms with E-state index in [1.807, 2.05) is 0 Å². The first-order chi connectivity index (χ1) is 3.86. The third kappa shape index (κ3) is 0.644. The Morgan fingerprint density at radius 3 is 3.00 bits per heavy atom. The largest absolute Gasteiger partial charge is 0.368 e. The van der Waals surface area contributed by atoms with Gasteiger partial charge in [-0.2, -0.15) is 0 Å². The lowest BCUT2D eigenvalue weighted by Crippen LogP contribution is -2.30. The number of likely N-dealkylation sites (tertiary alicyclic amines) is 1. The van der Waals surface area contributed by atoms with Crippen LogP contribution < -0.4 is 0 Å². The van der Waals surface area contributed by atoms with Crippen LogP contribution in [0.3, 0.4) is 0 Å². The Balaban J connectivity index is 1.93. The van der Waals surface area contributed by atoms with E-state index in [4.69, 9.17) is 4.74 Å². The summed E-state index contributed by atoms with van der Waals surface area (Å²) in [6, 6.07) is 0. The molecule has 2 heterocycles. The highest BCUT2D eigenvalue weighted by atomic mass is 16.6. The van der Waals surface area contributed by atoms with Gasteiger partial charge in [0.15, 0.2) is 0 Å². The molecule has 0 radical (unpaired) electrons. The average molecular weight is 113 g/mol. The van der Waals surface area contributed by atoms with Crippen LogP contribution in [-0.4, -0.2) is 37.2 Å². The summed E-state index contributed by atoms with van der Waals surface area (Å²) in [5.41, 5.74) is 0. The standard InChI is InChI=1S/C6H11NO/c1-7-3-2-5-6(4-7)8-5/h5-6H,2-4H2,1H3/t5-,6-/m1/s1. The van der Waals surface area contributed by atoms with E-state index in [9.17, 15) is 0 Å². The molecule has 2 aliphatic heterocycles. The summed E-state index contributed by atoms with van der Waals surface area (Å²) in [5, 5.41) is 0. The Kier molecular flexibility index (Phi) is 0.866. The first kappa shape index (κ1) is 4.77. The summed E-state index contributed by atoms with van der Waals surface area (Å²) >= 11 is 0. The zero-order valence-corrected chi connectivity index (χ0v) is 5.13. The number of hydrogen-bond donors (Lipinski definition) is 0. The SMILES string of the molecule is CN1CC[C@H]2O[C@@H]2C1. The molecule has 2 fully saturated rings. The van der Waals surface area contributed by atoms with E-state index < -0.39 is 0 Å². The normalized spacial score (nSPS) is 46.1. The van der Waals surface area contributed by atoms with Crippen molar-refractivity contribution in [1.29, 1.82) is 0 Å². The smallest absolute Gasteiger partial charge is 0.0968 e. The molecule has 0 unspecified atom stereocenters. The van der Waals surface area contributed by atoms with Crippen molar-refractivity contribution in [2.24, 2.45) is 0 Å². The molecule has 2 saturated heterocycles. The van der Waals surface area contributed by atoms with Gasteiger partial charge >= 0.3 is 0 Å². The molecule has 0 aliphatic carbocycles. The second-order valence-electron chi connectivity index (χ2n) is 2.76. The van der Waals surface area contributed by atoms with E-state index in [-0.39, 0.29) is 0 Å². The Morgan fingerprint density at radius 1 is 1.50 bits per heavy atom. The van der Waals surface area contributed by atoms with E-state index in [2.05, 4.69) is 11.9 Å². The summed E-state index contributed by atoms with van der Waals surface area (Å²) in [5.74, 6) is 0. The Labute approximate surface area is 49.4 Å². The van der Waals surface area contributed by atoms with Gasteiger partial charge in [0.05, 0.1) is 12.2 Å². The monoisotopic (exact) mass is 113 g/mol. The van der Waals surface area contributed by atoms with Gasteiger partial charge in [-0.15, -0.1) is 0 Å². The van der Waals surface area contributed by atoms with Gasteiger partial charge in [-0.3, -0.25) is 0 Å². The molecule has 2 nitrogen and oxygen atoms in total. The van der Waals surface area contributed by atoms with E-state index in [0.717, 1.165) is 6.54 Å². The van der Waals surface area contributed by atoms with Crippen LogP contribution in [0.15, 0.2) is 0 Å². The Hall–Kier alpha value is -0.0800. The molecule has 0 aromatic carbocycles. The number of nitrogens with zero attached hydrogens (tertiary/aromatic N) is 1. The van der Waals surface area contributed by atoms with Crippen LogP contribution in [0.5, 0.6) is 0 Å². The van der Waals surface area contributed by atoms with Gasteiger partial charge in [0.2, 0.25) is 0 Å². The third-order valence-corrected chi connectivity index (χ3v) is 1.97. The second kappa shape index (κ2) is 1.45. The highest BCUT2D eigenvalue weighted by Crippen LogP contribution is 2.29. The summed E-state index contributed by atoms with van der Waals surface area (Å²) in [7, 11) is 2.15. The zero-order chi connectivity index (χ0) is 5.56. The van der Waals surface area contributed by atoms with Crippen molar-refractivity contribution >= 4 is 0 Å². The Bertz CT molecular complexity index is 105. The van der Waals surface area contributed by atoms with Crippen LogP contribution in [0.1, 0.15) is 6.42 Å². The van der Waals surface area contributed by atoms with Crippen molar-refractivity contribution in [3.63, 3.8) is 0 Å². The molecule has 2 atom stereocenters. The fourth-order valence-electron chi connectivity index (χ4n) is 1.34. The van der Waals surface area contributed by atoms with E-state index in [1.165, 1.54) is 13.0 Å². The van der Waals surface area contributed by atoms with E-state index in [0.29, 0.717) is 12.2 Å². The topological polar surface area (TPSA) is 15.8 Å². The minimum absolute atomic E-state index is 0.605. The molecule has 0 aromatic rings. The lowest BCUT2D eigenvalue weighted by molar-refractivity contribution is 0.296. The number of fused-ring (bicyclic) bond motifs is 1. The predicted molar refractivity (Wildman–Crippen MR) is 30.8 cm³/mol. The summed E-state index contributed by atoms with van der Waals surface area (Å²) in [6.45, 7) is 2.38.